The molecule has 0 spiro atoms. The SMILES string of the molecule is Cc1ccnc(-c2ccc(NC(=O)[C@H]3CNC[C@@H]3c3cnn(C)c3)cc2)n1.Cl. The number of amides is 1. The molecule has 0 radical (unpaired) electrons. The number of anilines is 1. The lowest BCUT2D eigenvalue weighted by atomic mass is 9.90. The van der Waals surface area contributed by atoms with Gasteiger partial charge in [-0.15, -0.1) is 12.4 Å². The number of hydrogen-bond donors (Lipinski definition) is 2. The number of rotatable bonds is 4. The van der Waals surface area contributed by atoms with Crippen LogP contribution in [-0.2, 0) is 11.8 Å². The Labute approximate surface area is 170 Å². The van der Waals surface area contributed by atoms with Gasteiger partial charge in [-0.25, -0.2) is 9.97 Å². The van der Waals surface area contributed by atoms with Crippen LogP contribution < -0.4 is 10.6 Å². The number of aromatic nitrogens is 4. The van der Waals surface area contributed by atoms with Crippen molar-refractivity contribution in [3.05, 3.63) is 60.2 Å². The van der Waals surface area contributed by atoms with Crippen molar-refractivity contribution in [1.29, 1.82) is 0 Å². The maximum absolute atomic E-state index is 12.8. The maximum atomic E-state index is 12.8. The van der Waals surface area contributed by atoms with Crippen molar-refractivity contribution in [2.45, 2.75) is 12.8 Å². The second kappa shape index (κ2) is 8.50. The third kappa shape index (κ3) is 4.21. The molecule has 7 nitrogen and oxygen atoms in total. The molecule has 4 rings (SSSR count). The second-order valence-electron chi connectivity index (χ2n) is 6.91. The van der Waals surface area contributed by atoms with Crippen molar-refractivity contribution in [1.82, 2.24) is 25.1 Å². The fraction of sp³-hybridized carbons (Fsp3) is 0.300. The molecule has 2 atom stereocenters. The van der Waals surface area contributed by atoms with Crippen LogP contribution in [0.15, 0.2) is 48.9 Å². The zero-order valence-electron chi connectivity index (χ0n) is 15.8. The average Bonchev–Trinajstić information content (AvgIpc) is 3.31. The van der Waals surface area contributed by atoms with E-state index < -0.39 is 0 Å². The Bertz CT molecular complexity index is 955. The van der Waals surface area contributed by atoms with Gasteiger partial charge in [0.05, 0.1) is 12.1 Å². The number of aryl methyl sites for hydroxylation is 2. The quantitative estimate of drug-likeness (QED) is 0.705. The molecule has 0 aliphatic carbocycles. The molecule has 1 aliphatic heterocycles. The number of halogens is 1. The van der Waals surface area contributed by atoms with E-state index in [0.717, 1.165) is 29.1 Å². The molecule has 8 heteroatoms. The van der Waals surface area contributed by atoms with E-state index in [1.807, 2.05) is 56.7 Å². The Morgan fingerprint density at radius 1 is 1.21 bits per heavy atom. The maximum Gasteiger partial charge on any atom is 0.229 e. The van der Waals surface area contributed by atoms with Crippen molar-refractivity contribution >= 4 is 24.0 Å². The lowest BCUT2D eigenvalue weighted by molar-refractivity contribution is -0.119. The van der Waals surface area contributed by atoms with Gasteiger partial charge in [-0.3, -0.25) is 9.48 Å². The molecule has 0 saturated carbocycles. The zero-order valence-corrected chi connectivity index (χ0v) is 16.6. The van der Waals surface area contributed by atoms with Crippen LogP contribution in [0, 0.1) is 12.8 Å². The van der Waals surface area contributed by atoms with Crippen molar-refractivity contribution in [2.75, 3.05) is 18.4 Å². The van der Waals surface area contributed by atoms with Gasteiger partial charge in [0.15, 0.2) is 5.82 Å². The molecule has 146 valence electrons. The predicted molar refractivity (Wildman–Crippen MR) is 110 cm³/mol. The van der Waals surface area contributed by atoms with Crippen LogP contribution in [0.5, 0.6) is 0 Å². The molecule has 2 N–H and O–H groups in total. The van der Waals surface area contributed by atoms with Crippen LogP contribution >= 0.6 is 12.4 Å². The molecule has 1 saturated heterocycles. The number of carbonyl (C=O) groups is 1. The first-order valence-corrected chi connectivity index (χ1v) is 9.00. The minimum absolute atomic E-state index is 0. The largest absolute Gasteiger partial charge is 0.326 e. The van der Waals surface area contributed by atoms with Crippen LogP contribution in [0.3, 0.4) is 0 Å². The smallest absolute Gasteiger partial charge is 0.229 e. The number of carbonyl (C=O) groups excluding carboxylic acids is 1. The summed E-state index contributed by atoms with van der Waals surface area (Å²) in [7, 11) is 1.89. The van der Waals surface area contributed by atoms with Gasteiger partial charge in [0.25, 0.3) is 0 Å². The zero-order chi connectivity index (χ0) is 18.8. The van der Waals surface area contributed by atoms with Crippen molar-refractivity contribution in [3.63, 3.8) is 0 Å². The number of hydrogen-bond acceptors (Lipinski definition) is 5. The van der Waals surface area contributed by atoms with E-state index >= 15 is 0 Å². The van der Waals surface area contributed by atoms with E-state index in [4.69, 9.17) is 0 Å². The summed E-state index contributed by atoms with van der Waals surface area (Å²) in [6, 6.07) is 9.50. The van der Waals surface area contributed by atoms with Gasteiger partial charge in [-0.2, -0.15) is 5.10 Å². The summed E-state index contributed by atoms with van der Waals surface area (Å²) in [6.45, 7) is 3.39. The predicted octanol–water partition coefficient (Wildman–Crippen LogP) is 2.55. The number of nitrogens with zero attached hydrogens (tertiary/aromatic N) is 4. The molecule has 3 aromatic rings. The van der Waals surface area contributed by atoms with E-state index in [9.17, 15) is 4.79 Å². The van der Waals surface area contributed by atoms with Gasteiger partial charge in [-0.05, 0) is 42.8 Å². The highest BCUT2D eigenvalue weighted by atomic mass is 35.5. The van der Waals surface area contributed by atoms with Crippen LogP contribution in [-0.4, -0.2) is 38.7 Å². The Morgan fingerprint density at radius 3 is 2.68 bits per heavy atom. The summed E-state index contributed by atoms with van der Waals surface area (Å²) >= 11 is 0. The molecule has 0 bridgehead atoms. The fourth-order valence-electron chi connectivity index (χ4n) is 3.46. The highest BCUT2D eigenvalue weighted by molar-refractivity contribution is 5.93. The van der Waals surface area contributed by atoms with Crippen molar-refractivity contribution in [3.8, 4) is 11.4 Å². The van der Waals surface area contributed by atoms with E-state index in [-0.39, 0.29) is 30.2 Å². The fourth-order valence-corrected chi connectivity index (χ4v) is 3.46. The molecule has 0 unspecified atom stereocenters. The molecule has 28 heavy (non-hydrogen) atoms. The van der Waals surface area contributed by atoms with Crippen LogP contribution in [0.4, 0.5) is 5.69 Å². The number of nitrogens with one attached hydrogen (secondary N) is 2. The lowest BCUT2D eigenvalue weighted by Crippen LogP contribution is -2.28. The highest BCUT2D eigenvalue weighted by Crippen LogP contribution is 2.29. The minimum atomic E-state index is -0.117. The van der Waals surface area contributed by atoms with Crippen LogP contribution in [0.2, 0.25) is 0 Å². The molecule has 1 aromatic carbocycles. The molecule has 1 amide bonds. The van der Waals surface area contributed by atoms with E-state index in [1.54, 1.807) is 10.9 Å². The summed E-state index contributed by atoms with van der Waals surface area (Å²) in [4.78, 5) is 21.5. The summed E-state index contributed by atoms with van der Waals surface area (Å²) in [5.74, 6) is 0.727. The first-order valence-electron chi connectivity index (χ1n) is 9.00. The molecule has 2 aromatic heterocycles. The summed E-state index contributed by atoms with van der Waals surface area (Å²) < 4.78 is 1.77. The lowest BCUT2D eigenvalue weighted by Gasteiger charge is -2.17. The normalized spacial score (nSPS) is 18.5. The molecule has 1 fully saturated rings. The molecular formula is C20H23ClN6O. The summed E-state index contributed by atoms with van der Waals surface area (Å²) in [5, 5.41) is 10.6. The summed E-state index contributed by atoms with van der Waals surface area (Å²) in [6.07, 6.45) is 5.57. The van der Waals surface area contributed by atoms with E-state index in [1.165, 1.54) is 0 Å². The van der Waals surface area contributed by atoms with Gasteiger partial charge in [-0.1, -0.05) is 0 Å². The third-order valence-corrected chi connectivity index (χ3v) is 4.91. The van der Waals surface area contributed by atoms with Gasteiger partial charge >= 0.3 is 0 Å². The molecule has 1 aliphatic rings. The first-order chi connectivity index (χ1) is 13.1. The van der Waals surface area contributed by atoms with Gasteiger partial charge < -0.3 is 10.6 Å². The van der Waals surface area contributed by atoms with Crippen LogP contribution in [0.1, 0.15) is 17.2 Å². The van der Waals surface area contributed by atoms with Gasteiger partial charge in [0.2, 0.25) is 5.91 Å². The topological polar surface area (TPSA) is 84.7 Å². The average molecular weight is 399 g/mol. The first kappa shape index (κ1) is 20.0. The van der Waals surface area contributed by atoms with E-state index in [2.05, 4.69) is 25.7 Å². The Balaban J connectivity index is 0.00000225. The van der Waals surface area contributed by atoms with Gasteiger partial charge in [0.1, 0.15) is 0 Å². The summed E-state index contributed by atoms with van der Waals surface area (Å²) in [5.41, 5.74) is 3.71. The van der Waals surface area contributed by atoms with E-state index in [0.29, 0.717) is 12.4 Å². The van der Waals surface area contributed by atoms with Crippen molar-refractivity contribution < 1.29 is 4.79 Å². The third-order valence-electron chi connectivity index (χ3n) is 4.91. The highest BCUT2D eigenvalue weighted by Gasteiger charge is 2.34. The van der Waals surface area contributed by atoms with Crippen molar-refractivity contribution in [2.24, 2.45) is 13.0 Å². The monoisotopic (exact) mass is 398 g/mol. The molecular weight excluding hydrogens is 376 g/mol. The Hall–Kier alpha value is -2.77. The Morgan fingerprint density at radius 2 is 2.00 bits per heavy atom. The van der Waals surface area contributed by atoms with Crippen LogP contribution in [0.25, 0.3) is 11.4 Å². The molecule has 3 heterocycles. The number of benzene rings is 1. The van der Waals surface area contributed by atoms with Gasteiger partial charge in [0, 0.05) is 55.4 Å². The second-order valence-corrected chi connectivity index (χ2v) is 6.91. The standard InChI is InChI=1S/C20H22N6O.ClH/c1-13-7-8-22-19(24-13)14-3-5-16(6-4-14)25-20(27)18-11-21-10-17(18)15-9-23-26(2)12-15;/h3-9,12,17-18,21H,10-11H2,1-2H3,(H,25,27);1H/t17-,18+;/m1./s1. The minimum Gasteiger partial charge on any atom is -0.326 e. The Kier molecular flexibility index (Phi) is 6.06.